The third-order valence-corrected chi connectivity index (χ3v) is 6.79. The second-order valence-corrected chi connectivity index (χ2v) is 8.56. The van der Waals surface area contributed by atoms with Gasteiger partial charge in [0.25, 0.3) is 0 Å². The highest BCUT2D eigenvalue weighted by atomic mass is 127. The van der Waals surface area contributed by atoms with E-state index in [4.69, 9.17) is 0 Å². The molecule has 3 nitrogen and oxygen atoms in total. The summed E-state index contributed by atoms with van der Waals surface area (Å²) in [6.07, 6.45) is 0.844. The minimum absolute atomic E-state index is 0.0765. The van der Waals surface area contributed by atoms with Crippen LogP contribution in [0.25, 0.3) is 27.7 Å². The Morgan fingerprint density at radius 2 is 1.76 bits per heavy atom. The van der Waals surface area contributed by atoms with Crippen LogP contribution in [0.4, 0.5) is 0 Å². The van der Waals surface area contributed by atoms with Crippen LogP contribution < -0.4 is 0 Å². The molecule has 0 unspecified atom stereocenters. The molecular weight excluding hydrogens is 493 g/mol. The summed E-state index contributed by atoms with van der Waals surface area (Å²) in [4.78, 5) is 25.6. The van der Waals surface area contributed by atoms with Crippen molar-refractivity contribution in [1.82, 2.24) is 4.40 Å². The first-order valence-electron chi connectivity index (χ1n) is 9.04. The molecule has 0 saturated carbocycles. The number of hydrogen-bond donors (Lipinski definition) is 0. The number of hydrogen-bond acceptors (Lipinski definition) is 3. The monoisotopic (exact) mass is 507 g/mol. The molecule has 0 spiro atoms. The molecule has 0 N–H and O–H groups in total. The highest BCUT2D eigenvalue weighted by Gasteiger charge is 2.27. The number of benzene rings is 2. The number of nitrogens with zero attached hydrogens (tertiary/aromatic N) is 1. The van der Waals surface area contributed by atoms with Crippen LogP contribution in [-0.4, -0.2) is 16.5 Å². The van der Waals surface area contributed by atoms with Gasteiger partial charge in [0, 0.05) is 22.1 Å². The van der Waals surface area contributed by atoms with Crippen molar-refractivity contribution in [3.63, 3.8) is 0 Å². The lowest BCUT2D eigenvalue weighted by atomic mass is 10.0. The topological polar surface area (TPSA) is 38.5 Å². The van der Waals surface area contributed by atoms with Crippen LogP contribution in [-0.2, 0) is 0 Å². The summed E-state index contributed by atoms with van der Waals surface area (Å²) in [5.74, 6) is -0.0765. The van der Waals surface area contributed by atoms with Gasteiger partial charge in [-0.25, -0.2) is 0 Å². The van der Waals surface area contributed by atoms with Crippen LogP contribution in [0.3, 0.4) is 0 Å². The van der Waals surface area contributed by atoms with Gasteiger partial charge in [-0.3, -0.25) is 9.59 Å². The van der Waals surface area contributed by atoms with E-state index in [2.05, 4.69) is 32.4 Å². The SMILES string of the molecule is O=Cc1cc2ccccc2n2c(-c3ccsc3)c(I)c(C(=O)c3ccccc3)c12. The largest absolute Gasteiger partial charge is 0.307 e. The van der Waals surface area contributed by atoms with E-state index in [9.17, 15) is 9.59 Å². The van der Waals surface area contributed by atoms with Crippen LogP contribution in [0.2, 0.25) is 0 Å². The third kappa shape index (κ3) is 2.84. The number of rotatable bonds is 4. The van der Waals surface area contributed by atoms with Gasteiger partial charge in [-0.15, -0.1) is 0 Å². The molecule has 5 heteroatoms. The van der Waals surface area contributed by atoms with E-state index in [1.165, 1.54) is 0 Å². The number of carbonyl (C=O) groups is 2. The van der Waals surface area contributed by atoms with E-state index >= 15 is 0 Å². The van der Waals surface area contributed by atoms with Crippen molar-refractivity contribution in [2.24, 2.45) is 0 Å². The van der Waals surface area contributed by atoms with Gasteiger partial charge in [0.1, 0.15) is 0 Å². The molecule has 3 heterocycles. The van der Waals surface area contributed by atoms with Gasteiger partial charge in [-0.2, -0.15) is 11.3 Å². The summed E-state index contributed by atoms with van der Waals surface area (Å²) in [5, 5.41) is 5.06. The number of halogens is 1. The average molecular weight is 507 g/mol. The van der Waals surface area contributed by atoms with Crippen LogP contribution >= 0.6 is 33.9 Å². The first-order chi connectivity index (χ1) is 14.2. The predicted molar refractivity (Wildman–Crippen MR) is 126 cm³/mol. The highest BCUT2D eigenvalue weighted by molar-refractivity contribution is 14.1. The Balaban J connectivity index is 1.99. The molecule has 29 heavy (non-hydrogen) atoms. The Labute approximate surface area is 184 Å². The second kappa shape index (κ2) is 7.24. The van der Waals surface area contributed by atoms with E-state index < -0.39 is 0 Å². The Hall–Kier alpha value is -2.77. The van der Waals surface area contributed by atoms with Crippen LogP contribution in [0.5, 0.6) is 0 Å². The van der Waals surface area contributed by atoms with E-state index in [-0.39, 0.29) is 5.78 Å². The lowest BCUT2D eigenvalue weighted by Crippen LogP contribution is -2.04. The maximum atomic E-state index is 13.5. The molecule has 0 bridgehead atoms. The molecule has 0 aliphatic heterocycles. The molecule has 140 valence electrons. The zero-order valence-corrected chi connectivity index (χ0v) is 18.1. The number of aromatic nitrogens is 1. The molecule has 0 aliphatic carbocycles. The molecule has 5 aromatic rings. The lowest BCUT2D eigenvalue weighted by molar-refractivity contribution is 0.103. The van der Waals surface area contributed by atoms with Crippen LogP contribution in [0, 0.1) is 3.57 Å². The number of fused-ring (bicyclic) bond motifs is 3. The van der Waals surface area contributed by atoms with Crippen molar-refractivity contribution >= 4 is 62.4 Å². The molecule has 0 saturated heterocycles. The molecule has 0 atom stereocenters. The van der Waals surface area contributed by atoms with Crippen molar-refractivity contribution in [1.29, 1.82) is 0 Å². The summed E-state index contributed by atoms with van der Waals surface area (Å²) >= 11 is 3.86. The zero-order valence-electron chi connectivity index (χ0n) is 15.1. The molecule has 0 aliphatic rings. The van der Waals surface area contributed by atoms with E-state index in [1.54, 1.807) is 11.3 Å². The molecule has 0 radical (unpaired) electrons. The summed E-state index contributed by atoms with van der Waals surface area (Å²) < 4.78 is 2.92. The number of carbonyl (C=O) groups excluding carboxylic acids is 2. The van der Waals surface area contributed by atoms with Crippen molar-refractivity contribution < 1.29 is 9.59 Å². The first kappa shape index (κ1) is 18.3. The summed E-state index contributed by atoms with van der Waals surface area (Å²) in [5.41, 5.74) is 5.32. The fraction of sp³-hybridized carbons (Fsp3) is 0. The Morgan fingerprint density at radius 3 is 2.48 bits per heavy atom. The number of thiophene rings is 1. The summed E-state index contributed by atoms with van der Waals surface area (Å²) in [6.45, 7) is 0. The van der Waals surface area contributed by atoms with Crippen LogP contribution in [0.15, 0.2) is 77.5 Å². The minimum atomic E-state index is -0.0765. The van der Waals surface area contributed by atoms with Gasteiger partial charge < -0.3 is 4.40 Å². The van der Waals surface area contributed by atoms with Gasteiger partial charge in [-0.1, -0.05) is 48.5 Å². The van der Waals surface area contributed by atoms with Gasteiger partial charge in [0.05, 0.1) is 25.9 Å². The normalized spacial score (nSPS) is 11.2. The van der Waals surface area contributed by atoms with E-state index in [0.717, 1.165) is 32.0 Å². The molecule has 3 aromatic heterocycles. The van der Waals surface area contributed by atoms with Gasteiger partial charge in [-0.05, 0) is 51.6 Å². The Kier molecular flexibility index (Phi) is 4.56. The Bertz CT molecular complexity index is 1390. The van der Waals surface area contributed by atoms with Crippen molar-refractivity contribution in [2.75, 3.05) is 0 Å². The molecule has 0 amide bonds. The van der Waals surface area contributed by atoms with Crippen molar-refractivity contribution in [3.05, 3.63) is 97.8 Å². The zero-order chi connectivity index (χ0) is 20.0. The standard InChI is InChI=1S/C24H14INO2S/c25-21-20(24(28)15-6-2-1-3-7-15)22-18(13-27)12-16-8-4-5-9-19(16)26(22)23(21)17-10-11-29-14-17/h1-14H. The average Bonchev–Trinajstić information content (AvgIpc) is 3.39. The second-order valence-electron chi connectivity index (χ2n) is 6.71. The molecule has 0 fully saturated rings. The summed E-state index contributed by atoms with van der Waals surface area (Å²) in [7, 11) is 0. The smallest absolute Gasteiger partial charge is 0.196 e. The maximum absolute atomic E-state index is 13.5. The highest BCUT2D eigenvalue weighted by Crippen LogP contribution is 2.39. The van der Waals surface area contributed by atoms with Gasteiger partial charge >= 0.3 is 0 Å². The summed E-state index contributed by atoms with van der Waals surface area (Å²) in [6, 6.07) is 21.1. The fourth-order valence-electron chi connectivity index (χ4n) is 3.79. The third-order valence-electron chi connectivity index (χ3n) is 5.06. The van der Waals surface area contributed by atoms with Crippen molar-refractivity contribution in [2.45, 2.75) is 0 Å². The van der Waals surface area contributed by atoms with Gasteiger partial charge in [0.2, 0.25) is 0 Å². The number of ketones is 1. The molecular formula is C24H14INO2S. The van der Waals surface area contributed by atoms with Crippen LogP contribution in [0.1, 0.15) is 26.3 Å². The molecule has 5 rings (SSSR count). The number of pyridine rings is 1. The van der Waals surface area contributed by atoms with E-state index in [1.807, 2.05) is 72.1 Å². The van der Waals surface area contributed by atoms with Crippen molar-refractivity contribution in [3.8, 4) is 11.3 Å². The fourth-order valence-corrected chi connectivity index (χ4v) is 5.49. The molecule has 2 aromatic carbocycles. The quantitative estimate of drug-likeness (QED) is 0.159. The predicted octanol–water partition coefficient (Wildman–Crippen LogP) is 6.47. The lowest BCUT2D eigenvalue weighted by Gasteiger charge is -2.09. The first-order valence-corrected chi connectivity index (χ1v) is 11.1. The minimum Gasteiger partial charge on any atom is -0.307 e. The van der Waals surface area contributed by atoms with E-state index in [0.29, 0.717) is 22.2 Å². The van der Waals surface area contributed by atoms with Gasteiger partial charge in [0.15, 0.2) is 12.1 Å². The number of aldehydes is 1. The maximum Gasteiger partial charge on any atom is 0.196 e. The Morgan fingerprint density at radius 1 is 1.00 bits per heavy atom. The number of para-hydroxylation sites is 1.